The number of hydrogen-bond acceptors (Lipinski definition) is 4. The van der Waals surface area contributed by atoms with Crippen molar-refractivity contribution in [2.75, 3.05) is 27.4 Å². The van der Waals surface area contributed by atoms with Crippen LogP contribution in [0.5, 0.6) is 5.75 Å². The fraction of sp³-hybridized carbons (Fsp3) is 0.375. The van der Waals surface area contributed by atoms with Crippen LogP contribution in [0.4, 0.5) is 0 Å². The Labute approximate surface area is 125 Å². The second kappa shape index (κ2) is 8.08. The number of carbonyl (C=O) groups excluding carboxylic acids is 1. The molecule has 1 rings (SSSR count). The number of ether oxygens (including phenoxy) is 2. The van der Waals surface area contributed by atoms with Gasteiger partial charge in [-0.1, -0.05) is 0 Å². The zero-order valence-corrected chi connectivity index (χ0v) is 12.8. The highest BCUT2D eigenvalue weighted by Crippen LogP contribution is 2.24. The molecule has 0 bridgehead atoms. The van der Waals surface area contributed by atoms with Gasteiger partial charge in [-0.15, -0.1) is 0 Å². The van der Waals surface area contributed by atoms with Gasteiger partial charge in [0.1, 0.15) is 17.4 Å². The highest BCUT2D eigenvalue weighted by molar-refractivity contribution is 6.01. The van der Waals surface area contributed by atoms with Crippen molar-refractivity contribution in [1.29, 1.82) is 5.26 Å². The zero-order chi connectivity index (χ0) is 15.8. The Morgan fingerprint density at radius 3 is 2.62 bits per heavy atom. The number of rotatable bonds is 6. The minimum Gasteiger partial charge on any atom is -0.496 e. The predicted molar refractivity (Wildman–Crippen MR) is 80.9 cm³/mol. The quantitative estimate of drug-likeness (QED) is 0.493. The molecule has 0 unspecified atom stereocenters. The first-order chi connectivity index (χ1) is 10.0. The van der Waals surface area contributed by atoms with E-state index in [1.165, 1.54) is 0 Å². The maximum absolute atomic E-state index is 11.9. The van der Waals surface area contributed by atoms with E-state index in [-0.39, 0.29) is 5.57 Å². The molecule has 1 aromatic carbocycles. The van der Waals surface area contributed by atoms with Crippen LogP contribution in [0.1, 0.15) is 16.7 Å². The van der Waals surface area contributed by atoms with Gasteiger partial charge in [-0.3, -0.25) is 4.79 Å². The van der Waals surface area contributed by atoms with Crippen molar-refractivity contribution in [3.63, 3.8) is 0 Å². The van der Waals surface area contributed by atoms with Crippen molar-refractivity contribution in [3.05, 3.63) is 34.4 Å². The Bertz CT molecular complexity index is 586. The van der Waals surface area contributed by atoms with Crippen LogP contribution in [0.2, 0.25) is 0 Å². The predicted octanol–water partition coefficient (Wildman–Crippen LogP) is 1.98. The highest BCUT2D eigenvalue weighted by Gasteiger charge is 2.10. The molecule has 0 radical (unpaired) electrons. The number of methoxy groups -OCH3 is 2. The lowest BCUT2D eigenvalue weighted by molar-refractivity contribution is -0.117. The summed E-state index contributed by atoms with van der Waals surface area (Å²) in [6.45, 7) is 4.60. The van der Waals surface area contributed by atoms with Crippen LogP contribution >= 0.6 is 0 Å². The molecule has 5 nitrogen and oxygen atoms in total. The van der Waals surface area contributed by atoms with Crippen molar-refractivity contribution in [2.24, 2.45) is 0 Å². The topological polar surface area (TPSA) is 71.3 Å². The maximum atomic E-state index is 11.9. The number of carbonyl (C=O) groups is 1. The second-order valence-corrected chi connectivity index (χ2v) is 4.60. The van der Waals surface area contributed by atoms with Gasteiger partial charge in [0.15, 0.2) is 0 Å². The molecule has 0 aromatic heterocycles. The van der Waals surface area contributed by atoms with Gasteiger partial charge >= 0.3 is 0 Å². The summed E-state index contributed by atoms with van der Waals surface area (Å²) in [4.78, 5) is 11.9. The average molecular weight is 288 g/mol. The summed E-state index contributed by atoms with van der Waals surface area (Å²) in [7, 11) is 3.16. The van der Waals surface area contributed by atoms with E-state index in [0.717, 1.165) is 22.4 Å². The molecule has 0 saturated carbocycles. The fourth-order valence-corrected chi connectivity index (χ4v) is 1.85. The number of nitrogens with zero attached hydrogens (tertiary/aromatic N) is 1. The van der Waals surface area contributed by atoms with Crippen LogP contribution in [0.15, 0.2) is 17.7 Å². The molecule has 0 aliphatic heterocycles. The number of nitrogens with one attached hydrogen (secondary N) is 1. The lowest BCUT2D eigenvalue weighted by Gasteiger charge is -2.09. The summed E-state index contributed by atoms with van der Waals surface area (Å²) < 4.78 is 10.1. The van der Waals surface area contributed by atoms with E-state index in [9.17, 15) is 4.79 Å². The van der Waals surface area contributed by atoms with Gasteiger partial charge in [0.05, 0.1) is 13.7 Å². The molecule has 0 aliphatic carbocycles. The molecule has 0 spiro atoms. The van der Waals surface area contributed by atoms with E-state index >= 15 is 0 Å². The third-order valence-corrected chi connectivity index (χ3v) is 3.04. The summed E-state index contributed by atoms with van der Waals surface area (Å²) >= 11 is 0. The molecular formula is C16H20N2O3. The van der Waals surface area contributed by atoms with Crippen molar-refractivity contribution in [2.45, 2.75) is 13.8 Å². The first-order valence-corrected chi connectivity index (χ1v) is 6.57. The fourth-order valence-electron chi connectivity index (χ4n) is 1.85. The van der Waals surface area contributed by atoms with Crippen LogP contribution in [0.25, 0.3) is 6.08 Å². The maximum Gasteiger partial charge on any atom is 0.262 e. The molecule has 0 saturated heterocycles. The zero-order valence-electron chi connectivity index (χ0n) is 12.8. The Hall–Kier alpha value is -2.32. The minimum absolute atomic E-state index is 0.0683. The van der Waals surface area contributed by atoms with Crippen LogP contribution in [-0.4, -0.2) is 33.3 Å². The molecular weight excluding hydrogens is 268 g/mol. The molecule has 0 heterocycles. The van der Waals surface area contributed by atoms with Crippen LogP contribution in [0, 0.1) is 25.2 Å². The summed E-state index contributed by atoms with van der Waals surface area (Å²) in [5.41, 5.74) is 2.78. The van der Waals surface area contributed by atoms with E-state index in [1.54, 1.807) is 20.3 Å². The van der Waals surface area contributed by atoms with E-state index in [2.05, 4.69) is 5.32 Å². The van der Waals surface area contributed by atoms with Crippen molar-refractivity contribution < 1.29 is 14.3 Å². The number of amides is 1. The summed E-state index contributed by atoms with van der Waals surface area (Å²) in [6.07, 6.45) is 1.59. The van der Waals surface area contributed by atoms with Gasteiger partial charge in [0.25, 0.3) is 5.91 Å². The standard InChI is InChI=1S/C16H20N2O3/c1-11-8-15(21-4)12(2)7-13(11)9-14(10-17)16(19)18-5-6-20-3/h7-9H,5-6H2,1-4H3,(H,18,19). The van der Waals surface area contributed by atoms with Crippen molar-refractivity contribution in [1.82, 2.24) is 5.32 Å². The molecule has 1 amide bonds. The Morgan fingerprint density at radius 1 is 1.33 bits per heavy atom. The molecule has 0 aliphatic rings. The van der Waals surface area contributed by atoms with E-state index < -0.39 is 5.91 Å². The van der Waals surface area contributed by atoms with Gasteiger partial charge in [0.2, 0.25) is 0 Å². The number of nitriles is 1. The first-order valence-electron chi connectivity index (χ1n) is 6.57. The smallest absolute Gasteiger partial charge is 0.262 e. The van der Waals surface area contributed by atoms with Crippen LogP contribution in [0.3, 0.4) is 0 Å². The van der Waals surface area contributed by atoms with E-state index in [1.807, 2.05) is 32.0 Å². The van der Waals surface area contributed by atoms with Crippen LogP contribution < -0.4 is 10.1 Å². The van der Waals surface area contributed by atoms with Crippen molar-refractivity contribution in [3.8, 4) is 11.8 Å². The van der Waals surface area contributed by atoms with Crippen LogP contribution in [-0.2, 0) is 9.53 Å². The molecule has 0 atom stereocenters. The molecule has 21 heavy (non-hydrogen) atoms. The van der Waals surface area contributed by atoms with Gasteiger partial charge in [0, 0.05) is 13.7 Å². The molecule has 5 heteroatoms. The molecule has 1 aromatic rings. The van der Waals surface area contributed by atoms with E-state index in [4.69, 9.17) is 14.7 Å². The Balaban J connectivity index is 3.01. The largest absolute Gasteiger partial charge is 0.496 e. The third-order valence-electron chi connectivity index (χ3n) is 3.04. The van der Waals surface area contributed by atoms with Crippen molar-refractivity contribution >= 4 is 12.0 Å². The van der Waals surface area contributed by atoms with Gasteiger partial charge in [-0.25, -0.2) is 0 Å². The van der Waals surface area contributed by atoms with E-state index in [0.29, 0.717) is 13.2 Å². The summed E-state index contributed by atoms with van der Waals surface area (Å²) in [6, 6.07) is 5.71. The normalized spacial score (nSPS) is 10.9. The number of benzene rings is 1. The number of aryl methyl sites for hydroxylation is 2. The summed E-state index contributed by atoms with van der Waals surface area (Å²) in [5.74, 6) is 0.384. The average Bonchev–Trinajstić information content (AvgIpc) is 2.47. The first kappa shape index (κ1) is 16.7. The molecule has 1 N–H and O–H groups in total. The number of hydrogen-bond donors (Lipinski definition) is 1. The third kappa shape index (κ3) is 4.62. The SMILES string of the molecule is COCCNC(=O)C(C#N)=Cc1cc(C)c(OC)cc1C. The molecule has 0 fully saturated rings. The highest BCUT2D eigenvalue weighted by atomic mass is 16.5. The summed E-state index contributed by atoms with van der Waals surface area (Å²) in [5, 5.41) is 11.8. The van der Waals surface area contributed by atoms with Gasteiger partial charge in [-0.05, 0) is 48.7 Å². The second-order valence-electron chi connectivity index (χ2n) is 4.60. The minimum atomic E-state index is -0.401. The Morgan fingerprint density at radius 2 is 2.05 bits per heavy atom. The molecule has 112 valence electrons. The lowest BCUT2D eigenvalue weighted by Crippen LogP contribution is -2.27. The Kier molecular flexibility index (Phi) is 6.44. The van der Waals surface area contributed by atoms with Gasteiger partial charge in [-0.2, -0.15) is 5.26 Å². The lowest BCUT2D eigenvalue weighted by atomic mass is 10.0. The van der Waals surface area contributed by atoms with Gasteiger partial charge < -0.3 is 14.8 Å². The monoisotopic (exact) mass is 288 g/mol.